The van der Waals surface area contributed by atoms with Crippen LogP contribution in [0.3, 0.4) is 0 Å². The Bertz CT molecular complexity index is 587. The van der Waals surface area contributed by atoms with Gasteiger partial charge in [0.05, 0.1) is 0 Å². The van der Waals surface area contributed by atoms with E-state index in [0.29, 0.717) is 0 Å². The summed E-state index contributed by atoms with van der Waals surface area (Å²) in [7, 11) is 1.93. The van der Waals surface area contributed by atoms with Gasteiger partial charge in [-0.2, -0.15) is 0 Å². The normalized spacial score (nSPS) is 20.4. The third-order valence-electron chi connectivity index (χ3n) is 3.48. The Kier molecular flexibility index (Phi) is 2.19. The molecule has 4 heteroatoms. The van der Waals surface area contributed by atoms with Crippen LogP contribution in [0.4, 0.5) is 0 Å². The molecule has 1 amide bonds. The number of aromatic nitrogens is 1. The average Bonchev–Trinajstić information content (AvgIpc) is 2.66. The Morgan fingerprint density at radius 1 is 1.65 bits per heavy atom. The SMILES string of the molecule is CN1CCc2c([nH]c3cc[c]cc23)C1C(N)=O. The molecule has 2 heterocycles. The van der Waals surface area contributed by atoms with Gasteiger partial charge >= 0.3 is 0 Å². The minimum absolute atomic E-state index is 0.302. The van der Waals surface area contributed by atoms with Gasteiger partial charge in [0.2, 0.25) is 5.91 Å². The van der Waals surface area contributed by atoms with Crippen LogP contribution in [0, 0.1) is 6.07 Å². The van der Waals surface area contributed by atoms with Crippen LogP contribution in [0.1, 0.15) is 17.3 Å². The van der Waals surface area contributed by atoms with Gasteiger partial charge in [0.1, 0.15) is 6.04 Å². The summed E-state index contributed by atoms with van der Waals surface area (Å²) >= 11 is 0. The molecule has 3 N–H and O–H groups in total. The first-order valence-electron chi connectivity index (χ1n) is 5.68. The van der Waals surface area contributed by atoms with Crippen LogP contribution in [-0.4, -0.2) is 29.4 Å². The van der Waals surface area contributed by atoms with Crippen molar-refractivity contribution >= 4 is 16.8 Å². The number of benzene rings is 1. The monoisotopic (exact) mass is 228 g/mol. The van der Waals surface area contributed by atoms with Crippen LogP contribution in [0.15, 0.2) is 18.2 Å². The Hall–Kier alpha value is -1.81. The molecule has 0 spiro atoms. The van der Waals surface area contributed by atoms with Gasteiger partial charge in [-0.1, -0.05) is 6.07 Å². The molecule has 0 saturated carbocycles. The van der Waals surface area contributed by atoms with Crippen LogP contribution in [0.2, 0.25) is 0 Å². The fourth-order valence-electron chi connectivity index (χ4n) is 2.65. The van der Waals surface area contributed by atoms with E-state index < -0.39 is 0 Å². The zero-order chi connectivity index (χ0) is 12.0. The van der Waals surface area contributed by atoms with Crippen LogP contribution < -0.4 is 5.73 Å². The van der Waals surface area contributed by atoms with Gasteiger partial charge in [0, 0.05) is 23.1 Å². The van der Waals surface area contributed by atoms with Gasteiger partial charge in [-0.25, -0.2) is 0 Å². The number of primary amides is 1. The third kappa shape index (κ3) is 1.45. The lowest BCUT2D eigenvalue weighted by atomic mass is 9.97. The number of nitrogens with one attached hydrogen (secondary N) is 1. The number of H-pyrrole nitrogens is 1. The van der Waals surface area contributed by atoms with Crippen LogP contribution in [-0.2, 0) is 11.2 Å². The standard InChI is InChI=1S/C13H14N3O/c1-16-7-6-9-8-4-2-3-5-10(8)15-11(9)12(16)13(14)17/h3-5,12,15H,6-7H2,1H3,(H2,14,17). The van der Waals surface area contributed by atoms with Crippen molar-refractivity contribution in [2.45, 2.75) is 12.5 Å². The van der Waals surface area contributed by atoms with Crippen molar-refractivity contribution in [3.8, 4) is 0 Å². The second-order valence-electron chi connectivity index (χ2n) is 4.52. The maximum absolute atomic E-state index is 11.6. The van der Waals surface area contributed by atoms with Gasteiger partial charge in [-0.15, -0.1) is 0 Å². The highest BCUT2D eigenvalue weighted by atomic mass is 16.1. The molecular formula is C13H14N3O. The Morgan fingerprint density at radius 3 is 3.24 bits per heavy atom. The van der Waals surface area contributed by atoms with E-state index in [1.165, 1.54) is 5.56 Å². The first kappa shape index (κ1) is 10.4. The summed E-state index contributed by atoms with van der Waals surface area (Å²) in [5.74, 6) is -0.302. The number of likely N-dealkylation sites (N-methyl/N-ethyl adjacent to an activating group) is 1. The van der Waals surface area contributed by atoms with Crippen molar-refractivity contribution in [2.24, 2.45) is 5.73 Å². The summed E-state index contributed by atoms with van der Waals surface area (Å²) in [6.45, 7) is 0.850. The molecule has 0 aliphatic carbocycles. The smallest absolute Gasteiger partial charge is 0.240 e. The molecule has 87 valence electrons. The molecule has 1 aromatic carbocycles. The van der Waals surface area contributed by atoms with Crippen LogP contribution in [0.5, 0.6) is 0 Å². The highest BCUT2D eigenvalue weighted by molar-refractivity contribution is 5.89. The lowest BCUT2D eigenvalue weighted by molar-refractivity contribution is -0.123. The Labute approximate surface area is 99.4 Å². The predicted octanol–water partition coefficient (Wildman–Crippen LogP) is 0.982. The zero-order valence-corrected chi connectivity index (χ0v) is 9.66. The fraction of sp³-hybridized carbons (Fsp3) is 0.308. The molecule has 4 nitrogen and oxygen atoms in total. The topological polar surface area (TPSA) is 62.1 Å². The highest BCUT2D eigenvalue weighted by Crippen LogP contribution is 2.33. The summed E-state index contributed by atoms with van der Waals surface area (Å²) in [5, 5.41) is 1.15. The average molecular weight is 228 g/mol. The number of rotatable bonds is 1. The zero-order valence-electron chi connectivity index (χ0n) is 9.66. The fourth-order valence-corrected chi connectivity index (χ4v) is 2.65. The summed E-state index contributed by atoms with van der Waals surface area (Å²) in [5.41, 5.74) is 8.69. The number of nitrogens with zero attached hydrogens (tertiary/aromatic N) is 1. The number of hydrogen-bond acceptors (Lipinski definition) is 2. The lowest BCUT2D eigenvalue weighted by Crippen LogP contribution is -2.40. The molecule has 3 rings (SSSR count). The van der Waals surface area contributed by atoms with Crippen molar-refractivity contribution < 1.29 is 4.79 Å². The summed E-state index contributed by atoms with van der Waals surface area (Å²) < 4.78 is 0. The number of aromatic amines is 1. The molecule has 1 aliphatic rings. The molecule has 17 heavy (non-hydrogen) atoms. The minimum atomic E-state index is -0.342. The van der Waals surface area contributed by atoms with Crippen LogP contribution >= 0.6 is 0 Å². The number of carbonyl (C=O) groups is 1. The minimum Gasteiger partial charge on any atom is -0.368 e. The Morgan fingerprint density at radius 2 is 2.47 bits per heavy atom. The van der Waals surface area contributed by atoms with Gasteiger partial charge in [-0.3, -0.25) is 9.69 Å². The quantitative estimate of drug-likeness (QED) is 0.764. The summed E-state index contributed by atoms with van der Waals surface area (Å²) in [6.07, 6.45) is 0.938. The largest absolute Gasteiger partial charge is 0.368 e. The second-order valence-corrected chi connectivity index (χ2v) is 4.52. The summed E-state index contributed by atoms with van der Waals surface area (Å²) in [6, 6.07) is 8.55. The maximum atomic E-state index is 11.6. The molecule has 2 aromatic rings. The van der Waals surface area contributed by atoms with Crippen molar-refractivity contribution in [2.75, 3.05) is 13.6 Å². The molecular weight excluding hydrogens is 214 g/mol. The van der Waals surface area contributed by atoms with Crippen molar-refractivity contribution in [1.29, 1.82) is 0 Å². The van der Waals surface area contributed by atoms with E-state index >= 15 is 0 Å². The molecule has 0 saturated heterocycles. The van der Waals surface area contributed by atoms with E-state index in [1.54, 1.807) is 0 Å². The number of hydrogen-bond donors (Lipinski definition) is 2. The second kappa shape index (κ2) is 3.60. The molecule has 1 radical (unpaired) electrons. The number of nitrogens with two attached hydrogens (primary N) is 1. The third-order valence-corrected chi connectivity index (χ3v) is 3.48. The van der Waals surface area contributed by atoms with Gasteiger partial charge in [0.15, 0.2) is 0 Å². The first-order chi connectivity index (χ1) is 8.18. The highest BCUT2D eigenvalue weighted by Gasteiger charge is 2.31. The van der Waals surface area contributed by atoms with E-state index in [9.17, 15) is 4.79 Å². The number of amides is 1. The Balaban J connectivity index is 2.25. The molecule has 0 fully saturated rings. The van der Waals surface area contributed by atoms with Gasteiger partial charge in [-0.05, 0) is 37.2 Å². The van der Waals surface area contributed by atoms with Gasteiger partial charge in [0.25, 0.3) is 0 Å². The molecule has 1 unspecified atom stereocenters. The van der Waals surface area contributed by atoms with E-state index in [1.807, 2.05) is 30.1 Å². The predicted molar refractivity (Wildman–Crippen MR) is 65.4 cm³/mol. The van der Waals surface area contributed by atoms with E-state index in [0.717, 1.165) is 29.6 Å². The molecule has 0 bridgehead atoms. The van der Waals surface area contributed by atoms with Crippen molar-refractivity contribution in [3.63, 3.8) is 0 Å². The number of carbonyl (C=O) groups excluding carboxylic acids is 1. The van der Waals surface area contributed by atoms with Crippen molar-refractivity contribution in [1.82, 2.24) is 9.88 Å². The van der Waals surface area contributed by atoms with Crippen LogP contribution in [0.25, 0.3) is 10.9 Å². The summed E-state index contributed by atoms with van der Waals surface area (Å²) in [4.78, 5) is 16.9. The van der Waals surface area contributed by atoms with E-state index in [2.05, 4.69) is 11.1 Å². The first-order valence-corrected chi connectivity index (χ1v) is 5.68. The van der Waals surface area contributed by atoms with Gasteiger partial charge < -0.3 is 10.7 Å². The molecule has 1 aromatic heterocycles. The van der Waals surface area contributed by atoms with Crippen molar-refractivity contribution in [3.05, 3.63) is 35.5 Å². The number of fused-ring (bicyclic) bond motifs is 3. The van der Waals surface area contributed by atoms with E-state index in [-0.39, 0.29) is 11.9 Å². The molecule has 1 atom stereocenters. The van der Waals surface area contributed by atoms with E-state index in [4.69, 9.17) is 5.73 Å². The molecule has 1 aliphatic heterocycles. The lowest BCUT2D eigenvalue weighted by Gasteiger charge is -2.30. The maximum Gasteiger partial charge on any atom is 0.240 e.